The van der Waals surface area contributed by atoms with E-state index < -0.39 is 5.60 Å². The Hall–Kier alpha value is -2.32. The molecule has 0 bridgehead atoms. The summed E-state index contributed by atoms with van der Waals surface area (Å²) in [6, 6.07) is 5.96. The van der Waals surface area contributed by atoms with Gasteiger partial charge < -0.3 is 14.5 Å². The van der Waals surface area contributed by atoms with Crippen LogP contribution in [-0.4, -0.2) is 53.5 Å². The van der Waals surface area contributed by atoms with Crippen LogP contribution >= 0.6 is 11.3 Å². The largest absolute Gasteiger partial charge is 0.361 e. The third-order valence-corrected chi connectivity index (χ3v) is 5.38. The molecule has 3 heterocycles. The maximum Gasteiger partial charge on any atom is 0.265 e. The average Bonchev–Trinajstić information content (AvgIpc) is 3.27. The summed E-state index contributed by atoms with van der Waals surface area (Å²) >= 11 is 1.30. The first-order valence-corrected chi connectivity index (χ1v) is 8.82. The number of benzene rings is 1. The highest BCUT2D eigenvalue weighted by molar-refractivity contribution is 7.11. The summed E-state index contributed by atoms with van der Waals surface area (Å²) in [6.07, 6.45) is 2.19. The molecule has 6 nitrogen and oxygen atoms in total. The van der Waals surface area contributed by atoms with Crippen molar-refractivity contribution < 1.29 is 18.7 Å². The first-order valence-electron chi connectivity index (χ1n) is 7.94. The number of carbonyl (C=O) groups excluding carboxylic acids is 2. The minimum atomic E-state index is -0.611. The molecule has 25 heavy (non-hydrogen) atoms. The van der Waals surface area contributed by atoms with Gasteiger partial charge in [0, 0.05) is 12.2 Å². The van der Waals surface area contributed by atoms with Gasteiger partial charge in [-0.1, -0.05) is 6.07 Å². The molecule has 130 valence electrons. The number of hydrogen-bond acceptors (Lipinski definition) is 5. The quantitative estimate of drug-likeness (QED) is 0.820. The van der Waals surface area contributed by atoms with Crippen LogP contribution in [0.15, 0.2) is 36.0 Å². The van der Waals surface area contributed by atoms with Gasteiger partial charge in [0.25, 0.3) is 11.8 Å². The molecule has 2 aromatic rings. The fourth-order valence-corrected chi connectivity index (χ4v) is 3.92. The Bertz CT molecular complexity index is 813. The third-order valence-electron chi connectivity index (χ3n) is 4.62. The van der Waals surface area contributed by atoms with Crippen molar-refractivity contribution in [2.45, 2.75) is 12.0 Å². The topological polar surface area (TPSA) is 62.7 Å². The van der Waals surface area contributed by atoms with Gasteiger partial charge >= 0.3 is 0 Å². The van der Waals surface area contributed by atoms with Gasteiger partial charge in [0.15, 0.2) is 0 Å². The number of carbonyl (C=O) groups is 2. The average molecular weight is 361 g/mol. The molecule has 1 atom stereocenters. The van der Waals surface area contributed by atoms with Crippen LogP contribution in [0.25, 0.3) is 0 Å². The van der Waals surface area contributed by atoms with E-state index >= 15 is 0 Å². The Morgan fingerprint density at radius 3 is 3.00 bits per heavy atom. The van der Waals surface area contributed by atoms with Crippen LogP contribution in [0.1, 0.15) is 16.1 Å². The number of hydrogen-bond donors (Lipinski definition) is 0. The van der Waals surface area contributed by atoms with Crippen molar-refractivity contribution in [3.05, 3.63) is 46.7 Å². The number of anilines is 1. The molecular formula is C17H16FN3O3S. The molecule has 1 aromatic heterocycles. The summed E-state index contributed by atoms with van der Waals surface area (Å²) in [5, 5.41) is 0. The molecular weight excluding hydrogens is 345 g/mol. The van der Waals surface area contributed by atoms with Crippen molar-refractivity contribution in [3.63, 3.8) is 0 Å². The van der Waals surface area contributed by atoms with Gasteiger partial charge in [0.05, 0.1) is 24.8 Å². The van der Waals surface area contributed by atoms with Crippen LogP contribution in [0.5, 0.6) is 0 Å². The zero-order chi connectivity index (χ0) is 17.4. The lowest BCUT2D eigenvalue weighted by molar-refractivity contribution is -0.137. The molecule has 4 rings (SSSR count). The van der Waals surface area contributed by atoms with Gasteiger partial charge in [0.1, 0.15) is 22.9 Å². The zero-order valence-corrected chi connectivity index (χ0v) is 14.2. The molecule has 2 aliphatic heterocycles. The first kappa shape index (κ1) is 16.2. The van der Waals surface area contributed by atoms with Crippen molar-refractivity contribution in [1.29, 1.82) is 0 Å². The van der Waals surface area contributed by atoms with Gasteiger partial charge in [-0.2, -0.15) is 0 Å². The summed E-state index contributed by atoms with van der Waals surface area (Å²) in [5.74, 6) is -0.667. The highest BCUT2D eigenvalue weighted by Gasteiger charge is 2.46. The number of halogens is 1. The second-order valence-electron chi connectivity index (χ2n) is 6.27. The Morgan fingerprint density at radius 2 is 2.24 bits per heavy atom. The van der Waals surface area contributed by atoms with E-state index in [0.29, 0.717) is 36.6 Å². The number of ether oxygens (including phenoxy) is 1. The number of likely N-dealkylation sites (tertiary alicyclic amines) is 1. The second-order valence-corrected chi connectivity index (χ2v) is 7.16. The number of rotatable bonds is 2. The SMILES string of the molecule is O=C(c1cncs1)N1CCC2(C1)CN(c1cccc(F)c1)C(=O)CO2. The summed E-state index contributed by atoms with van der Waals surface area (Å²) < 4.78 is 19.3. The Labute approximate surface area is 147 Å². The van der Waals surface area contributed by atoms with E-state index in [0.717, 1.165) is 0 Å². The normalized spacial score (nSPS) is 23.5. The number of morpholine rings is 1. The molecule has 0 saturated carbocycles. The van der Waals surface area contributed by atoms with Crippen molar-refractivity contribution >= 4 is 28.8 Å². The van der Waals surface area contributed by atoms with Gasteiger partial charge in [-0.15, -0.1) is 11.3 Å². The van der Waals surface area contributed by atoms with Gasteiger partial charge in [-0.05, 0) is 24.6 Å². The summed E-state index contributed by atoms with van der Waals surface area (Å²) in [5.41, 5.74) is 1.53. The van der Waals surface area contributed by atoms with Crippen LogP contribution in [0.2, 0.25) is 0 Å². The third kappa shape index (κ3) is 3.03. The van der Waals surface area contributed by atoms with Crippen LogP contribution in [0.3, 0.4) is 0 Å². The van der Waals surface area contributed by atoms with E-state index in [1.54, 1.807) is 33.6 Å². The van der Waals surface area contributed by atoms with Gasteiger partial charge in [-0.25, -0.2) is 4.39 Å². The summed E-state index contributed by atoms with van der Waals surface area (Å²) in [6.45, 7) is 1.20. The number of nitrogens with zero attached hydrogens (tertiary/aromatic N) is 3. The monoisotopic (exact) mass is 361 g/mol. The molecule has 1 unspecified atom stereocenters. The van der Waals surface area contributed by atoms with Crippen molar-refractivity contribution in [1.82, 2.24) is 9.88 Å². The first-order chi connectivity index (χ1) is 12.1. The molecule has 2 amide bonds. The summed E-state index contributed by atoms with van der Waals surface area (Å²) in [4.78, 5) is 32.6. The van der Waals surface area contributed by atoms with E-state index in [1.807, 2.05) is 0 Å². The summed E-state index contributed by atoms with van der Waals surface area (Å²) in [7, 11) is 0. The Morgan fingerprint density at radius 1 is 1.36 bits per heavy atom. The predicted molar refractivity (Wildman–Crippen MR) is 90.1 cm³/mol. The predicted octanol–water partition coefficient (Wildman–Crippen LogP) is 1.93. The van der Waals surface area contributed by atoms with E-state index in [-0.39, 0.29) is 24.2 Å². The van der Waals surface area contributed by atoms with E-state index in [4.69, 9.17) is 4.74 Å². The van der Waals surface area contributed by atoms with Crippen LogP contribution in [0.4, 0.5) is 10.1 Å². The fourth-order valence-electron chi connectivity index (χ4n) is 3.34. The zero-order valence-electron chi connectivity index (χ0n) is 13.4. The molecule has 2 saturated heterocycles. The maximum atomic E-state index is 13.5. The van der Waals surface area contributed by atoms with Crippen molar-refractivity contribution in [2.24, 2.45) is 0 Å². The van der Waals surface area contributed by atoms with Crippen LogP contribution < -0.4 is 4.90 Å². The molecule has 2 fully saturated rings. The smallest absolute Gasteiger partial charge is 0.265 e. The van der Waals surface area contributed by atoms with Gasteiger partial charge in [0.2, 0.25) is 0 Å². The molecule has 0 aliphatic carbocycles. The van der Waals surface area contributed by atoms with Crippen LogP contribution in [-0.2, 0) is 9.53 Å². The minimum Gasteiger partial charge on any atom is -0.361 e. The molecule has 1 spiro atoms. The molecule has 0 N–H and O–H groups in total. The lowest BCUT2D eigenvalue weighted by Gasteiger charge is -2.40. The fraction of sp³-hybridized carbons (Fsp3) is 0.353. The number of thiazole rings is 1. The van der Waals surface area contributed by atoms with Crippen molar-refractivity contribution in [3.8, 4) is 0 Å². The molecule has 8 heteroatoms. The second kappa shape index (κ2) is 6.20. The number of aromatic nitrogens is 1. The van der Waals surface area contributed by atoms with E-state index in [1.165, 1.54) is 23.5 Å². The lowest BCUT2D eigenvalue weighted by Crippen LogP contribution is -2.56. The lowest BCUT2D eigenvalue weighted by atomic mass is 10.00. The van der Waals surface area contributed by atoms with E-state index in [2.05, 4.69) is 4.98 Å². The molecule has 1 aromatic carbocycles. The van der Waals surface area contributed by atoms with E-state index in [9.17, 15) is 14.0 Å². The Kier molecular flexibility index (Phi) is 4.01. The van der Waals surface area contributed by atoms with Gasteiger partial charge in [-0.3, -0.25) is 14.6 Å². The highest BCUT2D eigenvalue weighted by atomic mass is 32.1. The molecule has 0 radical (unpaired) electrons. The maximum absolute atomic E-state index is 13.5. The highest BCUT2D eigenvalue weighted by Crippen LogP contribution is 2.33. The Balaban J connectivity index is 1.53. The molecule has 2 aliphatic rings. The number of amides is 2. The van der Waals surface area contributed by atoms with Crippen LogP contribution in [0, 0.1) is 5.82 Å². The standard InChI is InChI=1S/C17H16FN3O3S/c18-12-2-1-3-13(6-12)21-10-17(24-8-15(21)22)4-5-20(9-17)16(23)14-7-19-11-25-14/h1-3,6-7,11H,4-5,8-10H2. The minimum absolute atomic E-state index is 0.0703. The van der Waals surface area contributed by atoms with Crippen molar-refractivity contribution in [2.75, 3.05) is 31.1 Å².